The van der Waals surface area contributed by atoms with Crippen molar-refractivity contribution in [3.8, 4) is 0 Å². The van der Waals surface area contributed by atoms with Crippen LogP contribution in [0.1, 0.15) is 33.9 Å². The molecule has 2 aromatic rings. The second kappa shape index (κ2) is 6.15. The van der Waals surface area contributed by atoms with Crippen molar-refractivity contribution in [1.29, 1.82) is 0 Å². The predicted molar refractivity (Wildman–Crippen MR) is 78.1 cm³/mol. The van der Waals surface area contributed by atoms with Gasteiger partial charge in [0.2, 0.25) is 5.82 Å². The van der Waals surface area contributed by atoms with E-state index >= 15 is 0 Å². The highest BCUT2D eigenvalue weighted by molar-refractivity contribution is 5.90. The molecule has 1 fully saturated rings. The van der Waals surface area contributed by atoms with E-state index in [1.165, 1.54) is 0 Å². The van der Waals surface area contributed by atoms with Crippen LogP contribution in [0.25, 0.3) is 0 Å². The number of amides is 1. The molecule has 1 saturated heterocycles. The lowest BCUT2D eigenvalue weighted by molar-refractivity contribution is -0.0273. The van der Waals surface area contributed by atoms with Crippen molar-refractivity contribution in [3.63, 3.8) is 0 Å². The second-order valence-corrected chi connectivity index (χ2v) is 5.19. The van der Waals surface area contributed by atoms with Crippen LogP contribution in [0.5, 0.6) is 0 Å². The zero-order valence-electron chi connectivity index (χ0n) is 12.6. The Morgan fingerprint density at radius 3 is 2.59 bits per heavy atom. The number of ether oxygens (including phenoxy) is 1. The molecule has 1 aliphatic rings. The van der Waals surface area contributed by atoms with Crippen LogP contribution in [0.3, 0.4) is 0 Å². The van der Waals surface area contributed by atoms with E-state index < -0.39 is 0 Å². The van der Waals surface area contributed by atoms with Crippen LogP contribution in [0.15, 0.2) is 24.5 Å². The van der Waals surface area contributed by atoms with Gasteiger partial charge in [-0.05, 0) is 26.0 Å². The maximum absolute atomic E-state index is 12.4. The number of carbonyl (C=O) groups is 1. The van der Waals surface area contributed by atoms with E-state index in [0.717, 1.165) is 11.4 Å². The minimum atomic E-state index is -0.319. The fraction of sp³-hybridized carbons (Fsp3) is 0.400. The van der Waals surface area contributed by atoms with Gasteiger partial charge in [0.1, 0.15) is 6.10 Å². The minimum Gasteiger partial charge on any atom is -0.367 e. The molecule has 1 amide bonds. The number of rotatable bonds is 2. The number of aryl methyl sites for hydroxylation is 2. The first-order valence-corrected chi connectivity index (χ1v) is 7.13. The molecule has 1 atom stereocenters. The first-order chi connectivity index (χ1) is 10.6. The summed E-state index contributed by atoms with van der Waals surface area (Å²) >= 11 is 0. The van der Waals surface area contributed by atoms with Crippen molar-refractivity contribution in [2.24, 2.45) is 0 Å². The molecule has 114 valence electrons. The number of nitrogens with zero attached hydrogens (tertiary/aromatic N) is 5. The van der Waals surface area contributed by atoms with Crippen LogP contribution in [0, 0.1) is 13.8 Å². The summed E-state index contributed by atoms with van der Waals surface area (Å²) in [6.07, 6.45) is 2.80. The summed E-state index contributed by atoms with van der Waals surface area (Å²) in [6.45, 7) is 5.20. The molecule has 22 heavy (non-hydrogen) atoms. The van der Waals surface area contributed by atoms with Gasteiger partial charge in [-0.25, -0.2) is 19.9 Å². The lowest BCUT2D eigenvalue weighted by atomic mass is 10.2. The van der Waals surface area contributed by atoms with Crippen molar-refractivity contribution in [2.45, 2.75) is 20.0 Å². The van der Waals surface area contributed by atoms with E-state index in [1.807, 2.05) is 19.9 Å². The Morgan fingerprint density at radius 2 is 1.91 bits per heavy atom. The van der Waals surface area contributed by atoms with Crippen molar-refractivity contribution in [1.82, 2.24) is 24.8 Å². The molecule has 0 radical (unpaired) electrons. The highest BCUT2D eigenvalue weighted by Gasteiger charge is 2.29. The standard InChI is InChI=1S/C15H17N5O2/c1-10-8-11(2)19-13(18-10)12-9-20(6-7-22-12)15(21)14-16-4-3-5-17-14/h3-5,8,12H,6-7,9H2,1-2H3/t12-/m1/s1. The Balaban J connectivity index is 1.78. The summed E-state index contributed by atoms with van der Waals surface area (Å²) in [5.41, 5.74) is 1.78. The van der Waals surface area contributed by atoms with Crippen LogP contribution >= 0.6 is 0 Å². The van der Waals surface area contributed by atoms with Crippen LogP contribution in [-0.2, 0) is 4.74 Å². The number of carbonyl (C=O) groups excluding carboxylic acids is 1. The van der Waals surface area contributed by atoms with Gasteiger partial charge in [-0.15, -0.1) is 0 Å². The second-order valence-electron chi connectivity index (χ2n) is 5.19. The van der Waals surface area contributed by atoms with E-state index in [4.69, 9.17) is 4.74 Å². The smallest absolute Gasteiger partial charge is 0.291 e. The third-order valence-corrected chi connectivity index (χ3v) is 3.40. The monoisotopic (exact) mass is 299 g/mol. The maximum Gasteiger partial charge on any atom is 0.291 e. The highest BCUT2D eigenvalue weighted by Crippen LogP contribution is 2.20. The lowest BCUT2D eigenvalue weighted by Crippen LogP contribution is -2.43. The van der Waals surface area contributed by atoms with Crippen molar-refractivity contribution in [3.05, 3.63) is 47.6 Å². The Bertz CT molecular complexity index is 657. The third-order valence-electron chi connectivity index (χ3n) is 3.40. The van der Waals surface area contributed by atoms with Crippen LogP contribution in [0.2, 0.25) is 0 Å². The normalized spacial score (nSPS) is 18.3. The van der Waals surface area contributed by atoms with E-state index in [9.17, 15) is 4.79 Å². The van der Waals surface area contributed by atoms with E-state index in [0.29, 0.717) is 25.5 Å². The minimum absolute atomic E-state index is 0.196. The Morgan fingerprint density at radius 1 is 1.23 bits per heavy atom. The summed E-state index contributed by atoms with van der Waals surface area (Å²) < 4.78 is 5.73. The average Bonchev–Trinajstić information content (AvgIpc) is 2.54. The molecule has 3 rings (SSSR count). The van der Waals surface area contributed by atoms with Gasteiger partial charge in [-0.2, -0.15) is 0 Å². The molecular formula is C15H17N5O2. The van der Waals surface area contributed by atoms with Crippen molar-refractivity contribution < 1.29 is 9.53 Å². The fourth-order valence-electron chi connectivity index (χ4n) is 2.44. The molecule has 3 heterocycles. The van der Waals surface area contributed by atoms with Gasteiger partial charge in [-0.3, -0.25) is 4.79 Å². The van der Waals surface area contributed by atoms with E-state index in [-0.39, 0.29) is 17.8 Å². The summed E-state index contributed by atoms with van der Waals surface area (Å²) in [7, 11) is 0. The molecule has 0 aliphatic carbocycles. The van der Waals surface area contributed by atoms with Crippen LogP contribution in [0.4, 0.5) is 0 Å². The van der Waals surface area contributed by atoms with Gasteiger partial charge in [0.25, 0.3) is 5.91 Å². The SMILES string of the molecule is Cc1cc(C)nc([C@H]2CN(C(=O)c3ncccn3)CCO2)n1. The van der Waals surface area contributed by atoms with Gasteiger partial charge in [-0.1, -0.05) is 0 Å². The molecular weight excluding hydrogens is 282 g/mol. The molecule has 0 unspecified atom stereocenters. The van der Waals surface area contributed by atoms with Gasteiger partial charge in [0, 0.05) is 30.3 Å². The van der Waals surface area contributed by atoms with E-state index in [1.54, 1.807) is 23.4 Å². The molecule has 0 N–H and O–H groups in total. The fourth-order valence-corrected chi connectivity index (χ4v) is 2.44. The quantitative estimate of drug-likeness (QED) is 0.826. The third kappa shape index (κ3) is 3.09. The zero-order valence-corrected chi connectivity index (χ0v) is 12.6. The number of aromatic nitrogens is 4. The predicted octanol–water partition coefficient (Wildman–Crippen LogP) is 1.10. The number of hydrogen-bond acceptors (Lipinski definition) is 6. The summed E-state index contributed by atoms with van der Waals surface area (Å²) in [5.74, 6) is 0.617. The molecule has 7 nitrogen and oxygen atoms in total. The first-order valence-electron chi connectivity index (χ1n) is 7.13. The largest absolute Gasteiger partial charge is 0.367 e. The van der Waals surface area contributed by atoms with Crippen LogP contribution < -0.4 is 0 Å². The van der Waals surface area contributed by atoms with Gasteiger partial charge in [0.15, 0.2) is 5.82 Å². The number of hydrogen-bond donors (Lipinski definition) is 0. The molecule has 7 heteroatoms. The Labute approximate surface area is 128 Å². The highest BCUT2D eigenvalue weighted by atomic mass is 16.5. The molecule has 1 aliphatic heterocycles. The van der Waals surface area contributed by atoms with Crippen molar-refractivity contribution in [2.75, 3.05) is 19.7 Å². The topological polar surface area (TPSA) is 81.1 Å². The summed E-state index contributed by atoms with van der Waals surface area (Å²) in [5, 5.41) is 0. The van der Waals surface area contributed by atoms with Gasteiger partial charge >= 0.3 is 0 Å². The molecule has 0 bridgehead atoms. The Hall–Kier alpha value is -2.41. The molecule has 0 spiro atoms. The Kier molecular flexibility index (Phi) is 4.06. The van der Waals surface area contributed by atoms with Gasteiger partial charge < -0.3 is 9.64 Å². The zero-order chi connectivity index (χ0) is 15.5. The molecule has 2 aromatic heterocycles. The first kappa shape index (κ1) is 14.5. The summed E-state index contributed by atoms with van der Waals surface area (Å²) in [4.78, 5) is 30.9. The van der Waals surface area contributed by atoms with Crippen molar-refractivity contribution >= 4 is 5.91 Å². The maximum atomic E-state index is 12.4. The van der Waals surface area contributed by atoms with E-state index in [2.05, 4.69) is 19.9 Å². The number of morpholine rings is 1. The summed E-state index contributed by atoms with van der Waals surface area (Å²) in [6, 6.07) is 3.59. The molecule has 0 saturated carbocycles. The van der Waals surface area contributed by atoms with Crippen LogP contribution in [-0.4, -0.2) is 50.4 Å². The molecule has 0 aromatic carbocycles. The lowest BCUT2D eigenvalue weighted by Gasteiger charge is -2.31. The van der Waals surface area contributed by atoms with Gasteiger partial charge in [0.05, 0.1) is 13.2 Å². The average molecular weight is 299 g/mol.